The lowest BCUT2D eigenvalue weighted by atomic mass is 10.1. The highest BCUT2D eigenvalue weighted by Gasteiger charge is 2.21. The molecule has 0 unspecified atom stereocenters. The van der Waals surface area contributed by atoms with Crippen molar-refractivity contribution in [2.45, 2.75) is 18.4 Å². The van der Waals surface area contributed by atoms with E-state index < -0.39 is 22.4 Å². The van der Waals surface area contributed by atoms with Gasteiger partial charge < -0.3 is 9.64 Å². The quantitative estimate of drug-likeness (QED) is 0.723. The molecule has 0 heterocycles. The summed E-state index contributed by atoms with van der Waals surface area (Å²) in [5.74, 6) is -1.22. The summed E-state index contributed by atoms with van der Waals surface area (Å²) < 4.78 is 28.5. The highest BCUT2D eigenvalue weighted by atomic mass is 32.2. The Kier molecular flexibility index (Phi) is 6.15. The molecule has 0 atom stereocenters. The second kappa shape index (κ2) is 8.14. The lowest BCUT2D eigenvalue weighted by Gasteiger charge is -2.18. The molecule has 0 aromatic heterocycles. The molecule has 0 aliphatic heterocycles. The van der Waals surface area contributed by atoms with Crippen LogP contribution in [-0.2, 0) is 25.9 Å². The summed E-state index contributed by atoms with van der Waals surface area (Å²) in [6.07, 6.45) is 1.01. The van der Waals surface area contributed by atoms with Gasteiger partial charge in [0.25, 0.3) is 5.91 Å². The van der Waals surface area contributed by atoms with E-state index in [1.807, 2.05) is 31.2 Å². The number of likely N-dealkylation sites (N-methyl/N-ethyl adjacent to an activating group) is 1. The van der Waals surface area contributed by atoms with E-state index in [1.54, 1.807) is 7.05 Å². The van der Waals surface area contributed by atoms with Crippen molar-refractivity contribution < 1.29 is 22.7 Å². The summed E-state index contributed by atoms with van der Waals surface area (Å²) in [7, 11) is -1.96. The first kappa shape index (κ1) is 19.7. The van der Waals surface area contributed by atoms with Crippen molar-refractivity contribution in [3.05, 3.63) is 65.2 Å². The van der Waals surface area contributed by atoms with Gasteiger partial charge in [-0.1, -0.05) is 36.4 Å². The highest BCUT2D eigenvalue weighted by Crippen LogP contribution is 2.16. The number of hydrogen-bond acceptors (Lipinski definition) is 5. The van der Waals surface area contributed by atoms with Crippen LogP contribution in [-0.4, -0.2) is 45.1 Å². The molecule has 26 heavy (non-hydrogen) atoms. The molecule has 0 fully saturated rings. The predicted molar refractivity (Wildman–Crippen MR) is 97.5 cm³/mol. The number of aryl methyl sites for hydroxylation is 1. The van der Waals surface area contributed by atoms with E-state index in [2.05, 4.69) is 0 Å². The van der Waals surface area contributed by atoms with E-state index in [0.29, 0.717) is 6.54 Å². The van der Waals surface area contributed by atoms with Gasteiger partial charge in [0.1, 0.15) is 0 Å². The maximum Gasteiger partial charge on any atom is 0.339 e. The summed E-state index contributed by atoms with van der Waals surface area (Å²) in [4.78, 5) is 25.7. The Morgan fingerprint density at radius 1 is 1.04 bits per heavy atom. The number of nitrogens with zero attached hydrogens (tertiary/aromatic N) is 1. The minimum Gasteiger partial charge on any atom is -0.452 e. The number of carbonyl (C=O) groups excluding carboxylic acids is 2. The summed E-state index contributed by atoms with van der Waals surface area (Å²) in [6, 6.07) is 13.4. The summed E-state index contributed by atoms with van der Waals surface area (Å²) in [5, 5.41) is 0. The smallest absolute Gasteiger partial charge is 0.339 e. The van der Waals surface area contributed by atoms with E-state index in [0.717, 1.165) is 17.4 Å². The van der Waals surface area contributed by atoms with Gasteiger partial charge in [0, 0.05) is 19.8 Å². The van der Waals surface area contributed by atoms with E-state index in [-0.39, 0.29) is 16.4 Å². The summed E-state index contributed by atoms with van der Waals surface area (Å²) >= 11 is 0. The fraction of sp³-hybridized carbons (Fsp3) is 0.263. The van der Waals surface area contributed by atoms with Crippen LogP contribution in [0.2, 0.25) is 0 Å². The molecule has 2 rings (SSSR count). The zero-order valence-corrected chi connectivity index (χ0v) is 15.7. The van der Waals surface area contributed by atoms with Gasteiger partial charge in [-0.15, -0.1) is 0 Å². The fourth-order valence-corrected chi connectivity index (χ4v) is 3.28. The third-order valence-corrected chi connectivity index (χ3v) is 5.08. The zero-order valence-electron chi connectivity index (χ0n) is 14.9. The zero-order chi connectivity index (χ0) is 19.3. The van der Waals surface area contributed by atoms with E-state index >= 15 is 0 Å². The lowest BCUT2D eigenvalue weighted by molar-refractivity contribution is -0.133. The molecule has 1 amide bonds. The number of esters is 1. The normalized spacial score (nSPS) is 11.0. The lowest BCUT2D eigenvalue weighted by Crippen LogP contribution is -2.31. The number of hydrogen-bond donors (Lipinski definition) is 0. The number of sulfone groups is 1. The topological polar surface area (TPSA) is 80.8 Å². The van der Waals surface area contributed by atoms with Crippen molar-refractivity contribution in [3.63, 3.8) is 0 Å². The molecule has 0 saturated heterocycles. The van der Waals surface area contributed by atoms with Gasteiger partial charge >= 0.3 is 5.97 Å². The monoisotopic (exact) mass is 375 g/mol. The van der Waals surface area contributed by atoms with Crippen molar-refractivity contribution in [3.8, 4) is 0 Å². The average molecular weight is 375 g/mol. The Balaban J connectivity index is 2.01. The summed E-state index contributed by atoms with van der Waals surface area (Å²) in [5.41, 5.74) is 1.98. The van der Waals surface area contributed by atoms with Gasteiger partial charge in [-0.2, -0.15) is 0 Å². The number of ether oxygens (including phenoxy) is 1. The van der Waals surface area contributed by atoms with Crippen LogP contribution in [0.25, 0.3) is 0 Å². The largest absolute Gasteiger partial charge is 0.452 e. The SMILES string of the molecule is Cc1ccccc1CN(C)C(=O)COC(=O)c1ccccc1S(C)(=O)=O. The van der Waals surface area contributed by atoms with Gasteiger partial charge in [-0.05, 0) is 30.2 Å². The molecule has 0 aliphatic rings. The van der Waals surface area contributed by atoms with E-state index in [1.165, 1.54) is 29.2 Å². The van der Waals surface area contributed by atoms with Gasteiger partial charge in [-0.25, -0.2) is 13.2 Å². The van der Waals surface area contributed by atoms with E-state index in [4.69, 9.17) is 4.74 Å². The first-order valence-electron chi connectivity index (χ1n) is 7.95. The van der Waals surface area contributed by atoms with Crippen LogP contribution in [0.15, 0.2) is 53.4 Å². The van der Waals surface area contributed by atoms with Crippen LogP contribution in [0, 0.1) is 6.92 Å². The molecule has 2 aromatic carbocycles. The van der Waals surface area contributed by atoms with Crippen molar-refractivity contribution in [2.75, 3.05) is 19.9 Å². The van der Waals surface area contributed by atoms with Crippen molar-refractivity contribution in [1.82, 2.24) is 4.90 Å². The summed E-state index contributed by atoms with van der Waals surface area (Å²) in [6.45, 7) is 1.89. The maximum absolute atomic E-state index is 12.2. The molecule has 0 spiro atoms. The van der Waals surface area contributed by atoms with Crippen LogP contribution < -0.4 is 0 Å². The maximum atomic E-state index is 12.2. The van der Waals surface area contributed by atoms with E-state index in [9.17, 15) is 18.0 Å². The van der Waals surface area contributed by atoms with Crippen LogP contribution in [0.5, 0.6) is 0 Å². The molecule has 6 nitrogen and oxygen atoms in total. The molecule has 138 valence electrons. The Labute approximate surface area is 153 Å². The Bertz CT molecular complexity index is 921. The molecule has 7 heteroatoms. The van der Waals surface area contributed by atoms with Gasteiger partial charge in [0.2, 0.25) is 0 Å². The second-order valence-electron chi connectivity index (χ2n) is 6.02. The molecule has 0 radical (unpaired) electrons. The van der Waals surface area contributed by atoms with Gasteiger partial charge in [-0.3, -0.25) is 4.79 Å². The second-order valence-corrected chi connectivity index (χ2v) is 8.00. The standard InChI is InChI=1S/C19H21NO5S/c1-14-8-4-5-9-15(14)12-20(2)18(21)13-25-19(22)16-10-6-7-11-17(16)26(3,23)24/h4-11H,12-13H2,1-3H3. The number of rotatable bonds is 6. The molecule has 0 bridgehead atoms. The Morgan fingerprint density at radius 2 is 1.65 bits per heavy atom. The Morgan fingerprint density at radius 3 is 2.31 bits per heavy atom. The molecule has 2 aromatic rings. The van der Waals surface area contributed by atoms with Crippen molar-refractivity contribution >= 4 is 21.7 Å². The first-order valence-corrected chi connectivity index (χ1v) is 9.84. The third-order valence-electron chi connectivity index (χ3n) is 3.93. The number of carbonyl (C=O) groups is 2. The number of benzene rings is 2. The highest BCUT2D eigenvalue weighted by molar-refractivity contribution is 7.90. The van der Waals surface area contributed by atoms with Crippen LogP contribution in [0.1, 0.15) is 21.5 Å². The average Bonchev–Trinajstić information content (AvgIpc) is 2.60. The van der Waals surface area contributed by atoms with Crippen LogP contribution >= 0.6 is 0 Å². The predicted octanol–water partition coefficient (Wildman–Crippen LogP) is 2.21. The molecule has 0 N–H and O–H groups in total. The fourth-order valence-electron chi connectivity index (χ4n) is 2.41. The molecule has 0 saturated carbocycles. The van der Waals surface area contributed by atoms with Gasteiger partial charge in [0.15, 0.2) is 16.4 Å². The third kappa shape index (κ3) is 4.92. The van der Waals surface area contributed by atoms with Crippen LogP contribution in [0.4, 0.5) is 0 Å². The Hall–Kier alpha value is -2.67. The van der Waals surface area contributed by atoms with Crippen molar-refractivity contribution in [1.29, 1.82) is 0 Å². The molecule has 0 aliphatic carbocycles. The molecular weight excluding hydrogens is 354 g/mol. The van der Waals surface area contributed by atoms with Crippen LogP contribution in [0.3, 0.4) is 0 Å². The molecular formula is C19H21NO5S. The number of amides is 1. The van der Waals surface area contributed by atoms with Gasteiger partial charge in [0.05, 0.1) is 10.5 Å². The van der Waals surface area contributed by atoms with Crippen molar-refractivity contribution in [2.24, 2.45) is 0 Å². The minimum atomic E-state index is -3.58. The first-order chi connectivity index (χ1) is 12.2. The minimum absolute atomic E-state index is 0.0793.